The molecule has 2 aromatic carbocycles. The fourth-order valence-electron chi connectivity index (χ4n) is 4.47. The molecule has 12 heteroatoms. The SMILES string of the molecule is CCOCc1nc(=O)c(S(=O)(=O)c2ccc(-c3ccncc3C)c(F)c2)c(O)n1C(COC)c1cccc(C#N)c1. The number of aryl methyl sites for hydroxylation is 1. The third-order valence-corrected chi connectivity index (χ3v) is 8.21. The zero-order chi connectivity index (χ0) is 29.7. The number of benzene rings is 2. The molecule has 2 heterocycles. The summed E-state index contributed by atoms with van der Waals surface area (Å²) in [7, 11) is -3.36. The Morgan fingerprint density at radius 1 is 1.17 bits per heavy atom. The normalized spacial score (nSPS) is 12.2. The maximum absolute atomic E-state index is 15.3. The molecule has 41 heavy (non-hydrogen) atoms. The molecular weight excluding hydrogens is 551 g/mol. The van der Waals surface area contributed by atoms with Gasteiger partial charge in [0, 0.05) is 31.7 Å². The van der Waals surface area contributed by atoms with E-state index in [1.54, 1.807) is 50.4 Å². The van der Waals surface area contributed by atoms with Gasteiger partial charge in [0.2, 0.25) is 15.7 Å². The van der Waals surface area contributed by atoms with Gasteiger partial charge in [-0.1, -0.05) is 18.2 Å². The van der Waals surface area contributed by atoms with Crippen LogP contribution in [0.2, 0.25) is 0 Å². The fourth-order valence-corrected chi connectivity index (χ4v) is 5.83. The highest BCUT2D eigenvalue weighted by Gasteiger charge is 2.33. The molecule has 10 nitrogen and oxygen atoms in total. The second-order valence-corrected chi connectivity index (χ2v) is 10.9. The van der Waals surface area contributed by atoms with Crippen molar-refractivity contribution in [3.8, 4) is 23.1 Å². The second-order valence-electron chi connectivity index (χ2n) is 9.04. The van der Waals surface area contributed by atoms with Crippen LogP contribution in [-0.2, 0) is 25.9 Å². The highest BCUT2D eigenvalue weighted by atomic mass is 32.2. The summed E-state index contributed by atoms with van der Waals surface area (Å²) in [6.07, 6.45) is 3.04. The Morgan fingerprint density at radius 2 is 1.95 bits per heavy atom. The van der Waals surface area contributed by atoms with Crippen LogP contribution in [0.1, 0.15) is 35.5 Å². The molecule has 0 bridgehead atoms. The smallest absolute Gasteiger partial charge is 0.296 e. The van der Waals surface area contributed by atoms with Crippen molar-refractivity contribution < 1.29 is 27.4 Å². The first-order valence-corrected chi connectivity index (χ1v) is 14.0. The van der Waals surface area contributed by atoms with Gasteiger partial charge in [-0.2, -0.15) is 10.2 Å². The summed E-state index contributed by atoms with van der Waals surface area (Å²) in [4.78, 5) is 19.5. The van der Waals surface area contributed by atoms with Crippen LogP contribution in [0.5, 0.6) is 5.88 Å². The van der Waals surface area contributed by atoms with Crippen molar-refractivity contribution in [3.05, 3.63) is 99.6 Å². The number of sulfone groups is 1. The van der Waals surface area contributed by atoms with Gasteiger partial charge in [0.1, 0.15) is 18.2 Å². The summed E-state index contributed by atoms with van der Waals surface area (Å²) in [5.41, 5.74) is 0.919. The monoisotopic (exact) mass is 578 g/mol. The van der Waals surface area contributed by atoms with E-state index >= 15 is 4.39 Å². The van der Waals surface area contributed by atoms with Crippen LogP contribution in [0.4, 0.5) is 4.39 Å². The van der Waals surface area contributed by atoms with Gasteiger partial charge in [0.15, 0.2) is 4.90 Å². The van der Waals surface area contributed by atoms with Gasteiger partial charge in [-0.15, -0.1) is 0 Å². The number of halogens is 1. The van der Waals surface area contributed by atoms with E-state index in [4.69, 9.17) is 9.47 Å². The van der Waals surface area contributed by atoms with Gasteiger partial charge in [0.05, 0.1) is 29.2 Å². The van der Waals surface area contributed by atoms with E-state index in [1.165, 1.54) is 19.4 Å². The quantitative estimate of drug-likeness (QED) is 0.296. The molecular formula is C29H27FN4O6S. The molecule has 1 N–H and O–H groups in total. The van der Waals surface area contributed by atoms with Crippen molar-refractivity contribution in [2.45, 2.75) is 36.3 Å². The van der Waals surface area contributed by atoms with Crippen LogP contribution in [0.25, 0.3) is 11.1 Å². The van der Waals surface area contributed by atoms with E-state index in [1.807, 2.05) is 6.07 Å². The molecule has 0 spiro atoms. The minimum absolute atomic E-state index is 0.0626. The molecule has 1 atom stereocenters. The highest BCUT2D eigenvalue weighted by Crippen LogP contribution is 2.34. The van der Waals surface area contributed by atoms with E-state index in [9.17, 15) is 23.6 Å². The number of pyridine rings is 1. The summed E-state index contributed by atoms with van der Waals surface area (Å²) >= 11 is 0. The zero-order valence-corrected chi connectivity index (χ0v) is 23.4. The third kappa shape index (κ3) is 5.88. The number of nitrogens with zero attached hydrogens (tertiary/aromatic N) is 4. The first-order chi connectivity index (χ1) is 19.6. The molecule has 0 aliphatic rings. The maximum atomic E-state index is 15.3. The predicted molar refractivity (Wildman–Crippen MR) is 146 cm³/mol. The lowest BCUT2D eigenvalue weighted by atomic mass is 10.0. The van der Waals surface area contributed by atoms with Crippen LogP contribution < -0.4 is 5.56 Å². The van der Waals surface area contributed by atoms with Crippen molar-refractivity contribution in [1.82, 2.24) is 14.5 Å². The van der Waals surface area contributed by atoms with Crippen LogP contribution in [-0.4, -0.2) is 48.4 Å². The third-order valence-electron chi connectivity index (χ3n) is 6.44. The molecule has 0 aliphatic heterocycles. The molecule has 4 aromatic rings. The molecule has 212 valence electrons. The second kappa shape index (κ2) is 12.4. The Labute approximate surface area is 236 Å². The molecule has 0 fully saturated rings. The molecule has 0 saturated heterocycles. The molecule has 0 radical (unpaired) electrons. The van der Waals surface area contributed by atoms with Crippen molar-refractivity contribution in [3.63, 3.8) is 0 Å². The zero-order valence-electron chi connectivity index (χ0n) is 22.5. The van der Waals surface area contributed by atoms with Crippen molar-refractivity contribution in [2.24, 2.45) is 0 Å². The van der Waals surface area contributed by atoms with Gasteiger partial charge in [-0.3, -0.25) is 14.3 Å². The van der Waals surface area contributed by atoms with Crippen molar-refractivity contribution >= 4 is 9.84 Å². The average Bonchev–Trinajstić information content (AvgIpc) is 2.95. The lowest BCUT2D eigenvalue weighted by Gasteiger charge is -2.25. The Hall–Kier alpha value is -4.44. The van der Waals surface area contributed by atoms with E-state index in [0.717, 1.165) is 16.7 Å². The number of rotatable bonds is 10. The van der Waals surface area contributed by atoms with E-state index in [2.05, 4.69) is 9.97 Å². The number of hydrogen-bond donors (Lipinski definition) is 1. The predicted octanol–water partition coefficient (Wildman–Crippen LogP) is 3.94. The van der Waals surface area contributed by atoms with E-state index < -0.39 is 42.9 Å². The first-order valence-electron chi connectivity index (χ1n) is 12.5. The van der Waals surface area contributed by atoms with Crippen molar-refractivity contribution in [1.29, 1.82) is 5.26 Å². The Morgan fingerprint density at radius 3 is 2.61 bits per heavy atom. The lowest BCUT2D eigenvalue weighted by molar-refractivity contribution is 0.114. The van der Waals surface area contributed by atoms with Crippen LogP contribution in [0.15, 0.2) is 75.5 Å². The summed E-state index contributed by atoms with van der Waals surface area (Å²) in [6, 6.07) is 12.4. The number of ether oxygens (including phenoxy) is 2. The molecule has 0 aliphatic carbocycles. The highest BCUT2D eigenvalue weighted by molar-refractivity contribution is 7.91. The van der Waals surface area contributed by atoms with Gasteiger partial charge < -0.3 is 14.6 Å². The van der Waals surface area contributed by atoms with Gasteiger partial charge in [0.25, 0.3) is 5.56 Å². The Bertz CT molecular complexity index is 1800. The van der Waals surface area contributed by atoms with Crippen LogP contribution in [0, 0.1) is 24.1 Å². The van der Waals surface area contributed by atoms with Crippen LogP contribution in [0.3, 0.4) is 0 Å². The largest absolute Gasteiger partial charge is 0.493 e. The standard InChI is InChI=1S/C29H27FN4O6S/c1-4-40-17-26-33-28(35)27(29(36)34(26)25(16-39-3)20-7-5-6-19(12-20)14-31)41(37,38)21-8-9-23(24(30)13-21)22-10-11-32-15-18(22)2/h5-13,15,25,36H,4,16-17H2,1-3H3. The molecule has 0 amide bonds. The van der Waals surface area contributed by atoms with Crippen molar-refractivity contribution in [2.75, 3.05) is 20.3 Å². The number of hydrogen-bond acceptors (Lipinski definition) is 9. The Kier molecular flexibility index (Phi) is 8.92. The molecule has 2 aromatic heterocycles. The summed E-state index contributed by atoms with van der Waals surface area (Å²) in [5.74, 6) is -1.82. The van der Waals surface area contributed by atoms with Gasteiger partial charge in [-0.25, -0.2) is 12.8 Å². The van der Waals surface area contributed by atoms with E-state index in [-0.39, 0.29) is 31.2 Å². The summed E-state index contributed by atoms with van der Waals surface area (Å²) < 4.78 is 54.7. The summed E-state index contributed by atoms with van der Waals surface area (Å²) in [6.45, 7) is 3.39. The number of aromatic nitrogens is 3. The molecule has 0 saturated carbocycles. The lowest BCUT2D eigenvalue weighted by Crippen LogP contribution is -2.29. The number of aromatic hydroxyl groups is 1. The van der Waals surface area contributed by atoms with Gasteiger partial charge in [-0.05, 0) is 60.9 Å². The molecule has 1 unspecified atom stereocenters. The first kappa shape index (κ1) is 29.5. The number of nitriles is 1. The van der Waals surface area contributed by atoms with Gasteiger partial charge >= 0.3 is 0 Å². The van der Waals surface area contributed by atoms with E-state index in [0.29, 0.717) is 22.3 Å². The number of methoxy groups -OCH3 is 1. The minimum Gasteiger partial charge on any atom is -0.493 e. The van der Waals surface area contributed by atoms with Crippen LogP contribution >= 0.6 is 0 Å². The summed E-state index contributed by atoms with van der Waals surface area (Å²) in [5, 5.41) is 20.8. The Balaban J connectivity index is 1.93. The molecule has 4 rings (SSSR count). The minimum atomic E-state index is -4.77. The topological polar surface area (TPSA) is 144 Å². The maximum Gasteiger partial charge on any atom is 0.296 e. The average molecular weight is 579 g/mol. The fraction of sp³-hybridized carbons (Fsp3) is 0.241.